The smallest absolute Gasteiger partial charge is 0.307 e. The standard InChI is InChI=1S/C14H18BrNO4/c1-3-16(8-7-14(18)19-2)13(17)10-20-12-6-4-5-11(15)9-12/h4-6,9H,3,7-8,10H2,1-2H3. The van der Waals surface area contributed by atoms with Crippen LogP contribution < -0.4 is 4.74 Å². The molecule has 1 aromatic rings. The first kappa shape index (κ1) is 16.5. The van der Waals surface area contributed by atoms with Crippen molar-refractivity contribution in [2.24, 2.45) is 0 Å². The van der Waals surface area contributed by atoms with Crippen LogP contribution in [0.1, 0.15) is 13.3 Å². The van der Waals surface area contributed by atoms with Crippen molar-refractivity contribution >= 4 is 27.8 Å². The molecule has 5 nitrogen and oxygen atoms in total. The molecule has 1 aromatic carbocycles. The summed E-state index contributed by atoms with van der Waals surface area (Å²) in [6, 6.07) is 7.28. The van der Waals surface area contributed by atoms with Crippen molar-refractivity contribution in [3.8, 4) is 5.75 Å². The van der Waals surface area contributed by atoms with Gasteiger partial charge < -0.3 is 14.4 Å². The Balaban J connectivity index is 2.45. The third-order valence-corrected chi connectivity index (χ3v) is 3.20. The zero-order valence-electron chi connectivity index (χ0n) is 11.6. The number of methoxy groups -OCH3 is 1. The van der Waals surface area contributed by atoms with Gasteiger partial charge in [0.1, 0.15) is 5.75 Å². The predicted octanol–water partition coefficient (Wildman–Crippen LogP) is 2.24. The van der Waals surface area contributed by atoms with Crippen molar-refractivity contribution in [2.45, 2.75) is 13.3 Å². The third-order valence-electron chi connectivity index (χ3n) is 2.71. The van der Waals surface area contributed by atoms with E-state index in [-0.39, 0.29) is 24.9 Å². The zero-order valence-corrected chi connectivity index (χ0v) is 13.2. The Morgan fingerprint density at radius 3 is 2.70 bits per heavy atom. The minimum Gasteiger partial charge on any atom is -0.484 e. The van der Waals surface area contributed by atoms with Gasteiger partial charge in [-0.25, -0.2) is 0 Å². The van der Waals surface area contributed by atoms with Gasteiger partial charge in [0.25, 0.3) is 5.91 Å². The molecule has 0 aliphatic rings. The maximum Gasteiger partial charge on any atom is 0.307 e. The highest BCUT2D eigenvalue weighted by Gasteiger charge is 2.14. The number of halogens is 1. The Morgan fingerprint density at radius 1 is 1.35 bits per heavy atom. The SMILES string of the molecule is CCN(CCC(=O)OC)C(=O)COc1cccc(Br)c1. The van der Waals surface area contributed by atoms with E-state index in [0.717, 1.165) is 4.47 Å². The maximum atomic E-state index is 12.0. The second kappa shape index (κ2) is 8.58. The first-order valence-corrected chi connectivity index (χ1v) is 7.09. The number of benzene rings is 1. The summed E-state index contributed by atoms with van der Waals surface area (Å²) in [5, 5.41) is 0. The monoisotopic (exact) mass is 343 g/mol. The number of carbonyl (C=O) groups excluding carboxylic acids is 2. The number of rotatable bonds is 7. The van der Waals surface area contributed by atoms with Crippen molar-refractivity contribution < 1.29 is 19.1 Å². The molecule has 0 aromatic heterocycles. The number of likely N-dealkylation sites (N-methyl/N-ethyl adjacent to an activating group) is 1. The molecule has 6 heteroatoms. The summed E-state index contributed by atoms with van der Waals surface area (Å²) in [5.41, 5.74) is 0. The molecule has 110 valence electrons. The van der Waals surface area contributed by atoms with Crippen LogP contribution in [0, 0.1) is 0 Å². The van der Waals surface area contributed by atoms with Crippen molar-refractivity contribution in [1.82, 2.24) is 4.90 Å². The van der Waals surface area contributed by atoms with Gasteiger partial charge in [0.15, 0.2) is 6.61 Å². The number of amides is 1. The minimum absolute atomic E-state index is 0.0501. The molecule has 0 aliphatic carbocycles. The van der Waals surface area contributed by atoms with Crippen LogP contribution in [0.25, 0.3) is 0 Å². The van der Waals surface area contributed by atoms with Gasteiger partial charge >= 0.3 is 5.97 Å². The normalized spacial score (nSPS) is 9.95. The molecule has 0 saturated carbocycles. The zero-order chi connectivity index (χ0) is 15.0. The van der Waals surface area contributed by atoms with Crippen LogP contribution in [-0.4, -0.2) is 43.6 Å². The number of nitrogens with zero attached hydrogens (tertiary/aromatic N) is 1. The molecule has 0 heterocycles. The highest BCUT2D eigenvalue weighted by atomic mass is 79.9. The van der Waals surface area contributed by atoms with Crippen molar-refractivity contribution in [2.75, 3.05) is 26.8 Å². The summed E-state index contributed by atoms with van der Waals surface area (Å²) in [6.07, 6.45) is 0.187. The topological polar surface area (TPSA) is 55.8 Å². The van der Waals surface area contributed by atoms with E-state index in [1.165, 1.54) is 7.11 Å². The van der Waals surface area contributed by atoms with Gasteiger partial charge in [-0.15, -0.1) is 0 Å². The van der Waals surface area contributed by atoms with Crippen molar-refractivity contribution in [3.05, 3.63) is 28.7 Å². The lowest BCUT2D eigenvalue weighted by Gasteiger charge is -2.20. The molecule has 0 aliphatic heterocycles. The van der Waals surface area contributed by atoms with Gasteiger partial charge in [-0.05, 0) is 25.1 Å². The van der Waals surface area contributed by atoms with E-state index in [9.17, 15) is 9.59 Å². The highest BCUT2D eigenvalue weighted by molar-refractivity contribution is 9.10. The summed E-state index contributed by atoms with van der Waals surface area (Å²) < 4.78 is 10.9. The fourth-order valence-electron chi connectivity index (χ4n) is 1.58. The summed E-state index contributed by atoms with van der Waals surface area (Å²) in [6.45, 7) is 2.67. The molecule has 0 unspecified atom stereocenters. The van der Waals surface area contributed by atoms with Crippen LogP contribution in [0.2, 0.25) is 0 Å². The molecule has 1 rings (SSSR count). The second-order valence-electron chi connectivity index (χ2n) is 4.05. The van der Waals surface area contributed by atoms with E-state index in [1.807, 2.05) is 19.1 Å². The van der Waals surface area contributed by atoms with Crippen LogP contribution in [-0.2, 0) is 14.3 Å². The fraction of sp³-hybridized carbons (Fsp3) is 0.429. The third kappa shape index (κ3) is 5.61. The van der Waals surface area contributed by atoms with Crippen LogP contribution in [0.15, 0.2) is 28.7 Å². The number of ether oxygens (including phenoxy) is 2. The molecule has 0 saturated heterocycles. The van der Waals surface area contributed by atoms with E-state index >= 15 is 0 Å². The summed E-state index contributed by atoms with van der Waals surface area (Å²) in [7, 11) is 1.33. The average Bonchev–Trinajstić information content (AvgIpc) is 2.45. The fourth-order valence-corrected chi connectivity index (χ4v) is 1.96. The molecule has 1 amide bonds. The number of hydrogen-bond acceptors (Lipinski definition) is 4. The first-order valence-electron chi connectivity index (χ1n) is 6.29. The Bertz CT molecular complexity index is 464. The molecule has 20 heavy (non-hydrogen) atoms. The van der Waals surface area contributed by atoms with Crippen LogP contribution in [0.5, 0.6) is 5.75 Å². The van der Waals surface area contributed by atoms with Gasteiger partial charge in [-0.3, -0.25) is 9.59 Å². The lowest BCUT2D eigenvalue weighted by atomic mass is 10.3. The first-order chi connectivity index (χ1) is 9.56. The van der Waals surface area contributed by atoms with Crippen molar-refractivity contribution in [1.29, 1.82) is 0 Å². The summed E-state index contributed by atoms with van der Waals surface area (Å²) in [4.78, 5) is 24.6. The van der Waals surface area contributed by atoms with E-state index in [2.05, 4.69) is 20.7 Å². The molecular weight excluding hydrogens is 326 g/mol. The van der Waals surface area contributed by atoms with Gasteiger partial charge in [-0.1, -0.05) is 22.0 Å². The van der Waals surface area contributed by atoms with E-state index in [0.29, 0.717) is 18.8 Å². The molecule has 0 bridgehead atoms. The predicted molar refractivity (Wildman–Crippen MR) is 78.5 cm³/mol. The maximum absolute atomic E-state index is 12.0. The molecule has 0 spiro atoms. The molecular formula is C14H18BrNO4. The number of esters is 1. The Kier molecular flexibility index (Phi) is 7.08. The van der Waals surface area contributed by atoms with E-state index < -0.39 is 0 Å². The Hall–Kier alpha value is -1.56. The molecule has 0 radical (unpaired) electrons. The summed E-state index contributed by atoms with van der Waals surface area (Å²) >= 11 is 3.33. The van der Waals surface area contributed by atoms with E-state index in [1.54, 1.807) is 17.0 Å². The quantitative estimate of drug-likeness (QED) is 0.712. The lowest BCUT2D eigenvalue weighted by Crippen LogP contribution is -2.36. The van der Waals surface area contributed by atoms with Gasteiger partial charge in [-0.2, -0.15) is 0 Å². The highest BCUT2D eigenvalue weighted by Crippen LogP contribution is 2.17. The van der Waals surface area contributed by atoms with E-state index in [4.69, 9.17) is 4.74 Å². The second-order valence-corrected chi connectivity index (χ2v) is 4.96. The van der Waals surface area contributed by atoms with Crippen LogP contribution in [0.3, 0.4) is 0 Å². The minimum atomic E-state index is -0.329. The van der Waals surface area contributed by atoms with Crippen LogP contribution in [0.4, 0.5) is 0 Å². The van der Waals surface area contributed by atoms with Crippen molar-refractivity contribution in [3.63, 3.8) is 0 Å². The number of hydrogen-bond donors (Lipinski definition) is 0. The summed E-state index contributed by atoms with van der Waals surface area (Å²) in [5.74, 6) is 0.136. The van der Waals surface area contributed by atoms with Gasteiger partial charge in [0.05, 0.1) is 13.5 Å². The number of carbonyl (C=O) groups is 2. The van der Waals surface area contributed by atoms with Gasteiger partial charge in [0.2, 0.25) is 0 Å². The molecule has 0 atom stereocenters. The molecule has 0 fully saturated rings. The lowest BCUT2D eigenvalue weighted by molar-refractivity contribution is -0.142. The molecule has 0 N–H and O–H groups in total. The average molecular weight is 344 g/mol. The Morgan fingerprint density at radius 2 is 2.10 bits per heavy atom. The Labute approximate surface area is 127 Å². The van der Waals surface area contributed by atoms with Crippen LogP contribution >= 0.6 is 15.9 Å². The largest absolute Gasteiger partial charge is 0.484 e. The van der Waals surface area contributed by atoms with Gasteiger partial charge in [0, 0.05) is 17.6 Å².